The molecule has 51 heavy (non-hydrogen) atoms. The average Bonchev–Trinajstić information content (AvgIpc) is 3.53. The molecule has 234 valence electrons. The standard InChI is InChI=1S/C47H26N4/c48-27-32-23-22-31(46-40-18-6-4-16-38(40)45(30-12-2-1-3-13-30)39-17-5-7-19-41(39)46)26-42(32)33-24-34(28-49)47(35(25-33)29-50)51-43-20-10-8-14-36(43)37-15-9-11-21-44(37)51/h1-26H. The molecule has 0 fully saturated rings. The first kappa shape index (κ1) is 29.7. The number of rotatable bonds is 4. The van der Waals surface area contributed by atoms with Crippen molar-refractivity contribution < 1.29 is 0 Å². The third-order valence-electron chi connectivity index (χ3n) is 9.89. The number of nitrogens with zero attached hydrogens (tertiary/aromatic N) is 4. The van der Waals surface area contributed by atoms with Crippen molar-refractivity contribution in [3.63, 3.8) is 0 Å². The normalized spacial score (nSPS) is 11.1. The second-order valence-electron chi connectivity index (χ2n) is 12.6. The molecule has 0 bridgehead atoms. The van der Waals surface area contributed by atoms with Crippen molar-refractivity contribution in [3.05, 3.63) is 174 Å². The minimum atomic E-state index is 0.355. The number of benzene rings is 8. The molecule has 1 heterocycles. The van der Waals surface area contributed by atoms with Gasteiger partial charge in [-0.15, -0.1) is 0 Å². The van der Waals surface area contributed by atoms with Crippen molar-refractivity contribution >= 4 is 43.4 Å². The summed E-state index contributed by atoms with van der Waals surface area (Å²) in [6.45, 7) is 0. The summed E-state index contributed by atoms with van der Waals surface area (Å²) in [6.07, 6.45) is 0. The van der Waals surface area contributed by atoms with Crippen LogP contribution < -0.4 is 0 Å². The van der Waals surface area contributed by atoms with Gasteiger partial charge in [0.05, 0.1) is 39.5 Å². The molecule has 9 rings (SSSR count). The van der Waals surface area contributed by atoms with Crippen LogP contribution in [0.15, 0.2) is 158 Å². The van der Waals surface area contributed by atoms with Gasteiger partial charge in [-0.3, -0.25) is 0 Å². The molecule has 0 radical (unpaired) electrons. The van der Waals surface area contributed by atoms with E-state index < -0.39 is 0 Å². The van der Waals surface area contributed by atoms with Crippen molar-refractivity contribution in [2.75, 3.05) is 0 Å². The van der Waals surface area contributed by atoms with E-state index in [4.69, 9.17) is 0 Å². The molecule has 0 N–H and O–H groups in total. The Morgan fingerprint density at radius 2 is 0.784 bits per heavy atom. The molecular weight excluding hydrogens is 621 g/mol. The van der Waals surface area contributed by atoms with Crippen molar-refractivity contribution in [1.82, 2.24) is 4.57 Å². The van der Waals surface area contributed by atoms with Crippen molar-refractivity contribution in [2.45, 2.75) is 0 Å². The maximum absolute atomic E-state index is 10.6. The zero-order valence-corrected chi connectivity index (χ0v) is 27.3. The highest BCUT2D eigenvalue weighted by Gasteiger charge is 2.22. The van der Waals surface area contributed by atoms with Crippen LogP contribution in [0, 0.1) is 34.0 Å². The number of aromatic nitrogens is 1. The van der Waals surface area contributed by atoms with Crippen LogP contribution in [-0.4, -0.2) is 4.57 Å². The smallest absolute Gasteiger partial charge is 0.101 e. The number of nitriles is 3. The molecule has 1 aromatic heterocycles. The highest BCUT2D eigenvalue weighted by molar-refractivity contribution is 6.21. The summed E-state index contributed by atoms with van der Waals surface area (Å²) < 4.78 is 2.01. The van der Waals surface area contributed by atoms with Crippen LogP contribution in [0.2, 0.25) is 0 Å². The van der Waals surface area contributed by atoms with Crippen molar-refractivity contribution in [3.8, 4) is 57.3 Å². The number of hydrogen-bond donors (Lipinski definition) is 0. The minimum Gasteiger partial charge on any atom is -0.307 e. The minimum absolute atomic E-state index is 0.355. The molecule has 8 aromatic carbocycles. The van der Waals surface area contributed by atoms with Gasteiger partial charge in [-0.25, -0.2) is 0 Å². The lowest BCUT2D eigenvalue weighted by molar-refractivity contribution is 1.16. The van der Waals surface area contributed by atoms with E-state index in [0.717, 1.165) is 60.0 Å². The SMILES string of the molecule is N#Cc1ccc(-c2c3ccccc3c(-c3ccccc3)c3ccccc23)cc1-c1cc(C#N)c(-n2c3ccccc3c3ccccc32)c(C#N)c1. The molecule has 0 spiro atoms. The van der Waals surface area contributed by atoms with Gasteiger partial charge in [0.1, 0.15) is 12.1 Å². The van der Waals surface area contributed by atoms with Crippen LogP contribution in [0.3, 0.4) is 0 Å². The number of para-hydroxylation sites is 2. The van der Waals surface area contributed by atoms with E-state index in [1.807, 2.05) is 77.4 Å². The van der Waals surface area contributed by atoms with Gasteiger partial charge in [0, 0.05) is 16.3 Å². The highest BCUT2D eigenvalue weighted by Crippen LogP contribution is 2.45. The monoisotopic (exact) mass is 646 g/mol. The summed E-state index contributed by atoms with van der Waals surface area (Å²) in [6, 6.07) is 60.1. The largest absolute Gasteiger partial charge is 0.307 e. The van der Waals surface area contributed by atoms with Crippen LogP contribution in [0.4, 0.5) is 0 Å². The second kappa shape index (κ2) is 11.9. The van der Waals surface area contributed by atoms with Crippen molar-refractivity contribution in [2.24, 2.45) is 0 Å². The molecule has 0 aliphatic carbocycles. The van der Waals surface area contributed by atoms with Crippen molar-refractivity contribution in [1.29, 1.82) is 15.8 Å². The van der Waals surface area contributed by atoms with Crippen LogP contribution in [0.1, 0.15) is 16.7 Å². The van der Waals surface area contributed by atoms with Crippen LogP contribution >= 0.6 is 0 Å². The summed E-state index contributed by atoms with van der Waals surface area (Å²) in [5.74, 6) is 0. The fraction of sp³-hybridized carbons (Fsp3) is 0. The molecule has 9 aromatic rings. The lowest BCUT2D eigenvalue weighted by Gasteiger charge is -2.19. The van der Waals surface area contributed by atoms with Crippen LogP contribution in [0.5, 0.6) is 0 Å². The molecule has 4 nitrogen and oxygen atoms in total. The summed E-state index contributed by atoms with van der Waals surface area (Å²) >= 11 is 0. The quantitative estimate of drug-likeness (QED) is 0.179. The maximum atomic E-state index is 10.6. The van der Waals surface area contributed by atoms with Gasteiger partial charge in [-0.2, -0.15) is 15.8 Å². The fourth-order valence-electron chi connectivity index (χ4n) is 7.76. The first-order valence-electron chi connectivity index (χ1n) is 16.7. The molecule has 0 unspecified atom stereocenters. The fourth-order valence-corrected chi connectivity index (χ4v) is 7.76. The topological polar surface area (TPSA) is 76.3 Å². The van der Waals surface area contributed by atoms with E-state index in [0.29, 0.717) is 33.5 Å². The van der Waals surface area contributed by atoms with Crippen LogP contribution in [0.25, 0.3) is 82.4 Å². The first-order valence-corrected chi connectivity index (χ1v) is 16.7. The predicted molar refractivity (Wildman–Crippen MR) is 206 cm³/mol. The Kier molecular flexibility index (Phi) is 6.93. The lowest BCUT2D eigenvalue weighted by atomic mass is 9.84. The van der Waals surface area contributed by atoms with Gasteiger partial charge < -0.3 is 4.57 Å². The van der Waals surface area contributed by atoms with E-state index in [2.05, 4.69) is 103 Å². The summed E-state index contributed by atoms with van der Waals surface area (Å²) in [5, 5.41) is 38.2. The van der Waals surface area contributed by atoms with E-state index >= 15 is 0 Å². The summed E-state index contributed by atoms with van der Waals surface area (Å²) in [4.78, 5) is 0. The zero-order valence-electron chi connectivity index (χ0n) is 27.3. The van der Waals surface area contributed by atoms with Gasteiger partial charge in [-0.1, -0.05) is 121 Å². The van der Waals surface area contributed by atoms with Crippen LogP contribution in [-0.2, 0) is 0 Å². The third kappa shape index (κ3) is 4.58. The molecule has 0 saturated heterocycles. The third-order valence-corrected chi connectivity index (χ3v) is 9.89. The second-order valence-corrected chi connectivity index (χ2v) is 12.6. The molecule has 0 saturated carbocycles. The Morgan fingerprint density at radius 3 is 1.27 bits per heavy atom. The molecule has 0 amide bonds. The van der Waals surface area contributed by atoms with E-state index in [-0.39, 0.29) is 0 Å². The predicted octanol–water partition coefficient (Wildman–Crippen LogP) is 11.7. The zero-order chi connectivity index (χ0) is 34.5. The Labute approximate surface area is 294 Å². The Hall–Kier alpha value is -7.45. The number of hydrogen-bond acceptors (Lipinski definition) is 3. The van der Waals surface area contributed by atoms with E-state index in [1.54, 1.807) is 0 Å². The lowest BCUT2D eigenvalue weighted by Crippen LogP contribution is -2.02. The molecule has 0 atom stereocenters. The molecular formula is C47H26N4. The molecule has 4 heteroatoms. The highest BCUT2D eigenvalue weighted by atomic mass is 15.0. The molecule has 0 aliphatic rings. The first-order chi connectivity index (χ1) is 25.2. The van der Waals surface area contributed by atoms with Gasteiger partial charge >= 0.3 is 0 Å². The molecule has 0 aliphatic heterocycles. The Balaban J connectivity index is 1.31. The average molecular weight is 647 g/mol. The maximum Gasteiger partial charge on any atom is 0.101 e. The van der Waals surface area contributed by atoms with Gasteiger partial charge in [0.25, 0.3) is 0 Å². The van der Waals surface area contributed by atoms with E-state index in [9.17, 15) is 15.8 Å². The van der Waals surface area contributed by atoms with Gasteiger partial charge in [0.15, 0.2) is 0 Å². The summed E-state index contributed by atoms with van der Waals surface area (Å²) in [7, 11) is 0. The Morgan fingerprint density at radius 1 is 0.353 bits per heavy atom. The van der Waals surface area contributed by atoms with Gasteiger partial charge in [-0.05, 0) is 85.8 Å². The van der Waals surface area contributed by atoms with Gasteiger partial charge in [0.2, 0.25) is 0 Å². The number of fused-ring (bicyclic) bond motifs is 5. The Bertz CT molecular complexity index is 2860. The van der Waals surface area contributed by atoms with E-state index in [1.165, 1.54) is 5.56 Å². The summed E-state index contributed by atoms with van der Waals surface area (Å²) in [5.41, 5.74) is 9.17.